The van der Waals surface area contributed by atoms with Gasteiger partial charge in [0.15, 0.2) is 5.13 Å². The van der Waals surface area contributed by atoms with Crippen molar-refractivity contribution >= 4 is 50.2 Å². The highest BCUT2D eigenvalue weighted by Crippen LogP contribution is 2.32. The molecule has 3 N–H and O–H groups in total. The average Bonchev–Trinajstić information content (AvgIpc) is 3.50. The molecule has 1 amide bonds. The van der Waals surface area contributed by atoms with Gasteiger partial charge in [0.2, 0.25) is 5.95 Å². The fourth-order valence-corrected chi connectivity index (χ4v) is 6.23. The van der Waals surface area contributed by atoms with E-state index in [4.69, 9.17) is 19.7 Å². The summed E-state index contributed by atoms with van der Waals surface area (Å²) < 4.78 is 6.07. The second kappa shape index (κ2) is 10.8. The van der Waals surface area contributed by atoms with Crippen molar-refractivity contribution in [1.82, 2.24) is 19.9 Å². The van der Waals surface area contributed by atoms with Crippen LogP contribution in [0.3, 0.4) is 0 Å². The van der Waals surface area contributed by atoms with Crippen LogP contribution in [-0.4, -0.2) is 69.4 Å². The minimum Gasteiger partial charge on any atom is -0.447 e. The summed E-state index contributed by atoms with van der Waals surface area (Å²) >= 11 is 1.53. The quantitative estimate of drug-likeness (QED) is 0.412. The number of fused-ring (bicyclic) bond motifs is 1. The van der Waals surface area contributed by atoms with E-state index in [1.54, 1.807) is 4.90 Å². The molecule has 0 spiro atoms. The van der Waals surface area contributed by atoms with E-state index in [9.17, 15) is 9.90 Å². The minimum absolute atomic E-state index is 0.197. The summed E-state index contributed by atoms with van der Waals surface area (Å²) in [7, 11) is 0. The van der Waals surface area contributed by atoms with E-state index < -0.39 is 0 Å². The van der Waals surface area contributed by atoms with Gasteiger partial charge in [-0.15, -0.1) is 0 Å². The molecule has 11 heteroatoms. The number of nitrogens with one attached hydrogen (secondary N) is 2. The highest BCUT2D eigenvalue weighted by molar-refractivity contribution is 7.22. The number of aromatic nitrogens is 3. The minimum atomic E-state index is -0.308. The molecule has 4 heterocycles. The van der Waals surface area contributed by atoms with Crippen LogP contribution < -0.4 is 15.5 Å². The number of benzene rings is 1. The summed E-state index contributed by atoms with van der Waals surface area (Å²) in [5.41, 5.74) is 2.67. The van der Waals surface area contributed by atoms with Crippen molar-refractivity contribution in [1.29, 1.82) is 0 Å². The molecule has 10 nitrogen and oxygen atoms in total. The first kappa shape index (κ1) is 24.3. The predicted octanol–water partition coefficient (Wildman–Crippen LogP) is 4.49. The number of thiazole rings is 1. The Kier molecular flexibility index (Phi) is 7.08. The van der Waals surface area contributed by atoms with Crippen molar-refractivity contribution in [2.24, 2.45) is 0 Å². The summed E-state index contributed by atoms with van der Waals surface area (Å²) in [6.07, 6.45) is 6.68. The molecule has 2 aromatic heterocycles. The topological polar surface area (TPSA) is 116 Å². The van der Waals surface area contributed by atoms with E-state index in [0.29, 0.717) is 24.9 Å². The lowest BCUT2D eigenvalue weighted by Crippen LogP contribution is -2.30. The highest BCUT2D eigenvalue weighted by Gasteiger charge is 2.24. The zero-order valence-corrected chi connectivity index (χ0v) is 21.7. The Morgan fingerprint density at radius 2 is 1.86 bits per heavy atom. The Bertz CT molecular complexity index is 1250. The van der Waals surface area contributed by atoms with Crippen LogP contribution in [-0.2, 0) is 11.3 Å². The molecular weight excluding hydrogens is 490 g/mol. The molecule has 1 aliphatic carbocycles. The maximum absolute atomic E-state index is 12.0. The number of hydrogen-bond donors (Lipinski definition) is 3. The molecule has 1 saturated carbocycles. The van der Waals surface area contributed by atoms with E-state index in [1.165, 1.54) is 30.6 Å². The Hall–Kier alpha value is -3.02. The maximum Gasteiger partial charge on any atom is 0.414 e. The number of piperidine rings is 1. The van der Waals surface area contributed by atoms with Gasteiger partial charge >= 0.3 is 6.09 Å². The number of cyclic esters (lactones) is 1. The second-order valence-corrected chi connectivity index (χ2v) is 11.1. The second-order valence-electron chi connectivity index (χ2n) is 10.1. The monoisotopic (exact) mass is 523 g/mol. The molecule has 2 aliphatic heterocycles. The first-order valence-corrected chi connectivity index (χ1v) is 14.1. The van der Waals surface area contributed by atoms with Crippen molar-refractivity contribution in [3.63, 3.8) is 0 Å². The van der Waals surface area contributed by atoms with Crippen LogP contribution in [0.5, 0.6) is 0 Å². The Morgan fingerprint density at radius 3 is 2.65 bits per heavy atom. The average molecular weight is 524 g/mol. The Labute approximate surface area is 220 Å². The van der Waals surface area contributed by atoms with Crippen LogP contribution in [0.2, 0.25) is 0 Å². The number of anilines is 4. The first-order valence-electron chi connectivity index (χ1n) is 13.3. The molecule has 0 bridgehead atoms. The van der Waals surface area contributed by atoms with Crippen LogP contribution in [0.25, 0.3) is 10.2 Å². The van der Waals surface area contributed by atoms with Gasteiger partial charge in [-0.3, -0.25) is 9.80 Å². The Morgan fingerprint density at radius 1 is 1.03 bits per heavy atom. The number of carbonyl (C=O) groups excluding carboxylic acids is 1. The van der Waals surface area contributed by atoms with Crippen LogP contribution in [0.15, 0.2) is 24.3 Å². The SMILES string of the molecule is O=C1OCCN1c1ccc2nc(Nc3cc(CN4CCCCC4)nc(NC4CCC(O)CC4)n3)sc2c1. The standard InChI is InChI=1S/C26H33N7O3S/c34-20-7-4-17(5-8-20)27-24-28-18(16-32-10-2-1-3-11-32)14-23(30-24)31-25-29-21-9-6-19(15-22(21)37-25)33-12-13-36-26(33)35/h6,9,14-15,17,20,34H,1-5,7-8,10-13,16H2,(H2,27,28,29,30,31). The van der Waals surface area contributed by atoms with Gasteiger partial charge in [0, 0.05) is 24.3 Å². The third-order valence-corrected chi connectivity index (χ3v) is 8.26. The van der Waals surface area contributed by atoms with E-state index in [2.05, 4.69) is 15.5 Å². The fraction of sp³-hybridized carbons (Fsp3) is 0.538. The lowest BCUT2D eigenvalue weighted by atomic mass is 9.93. The smallest absolute Gasteiger partial charge is 0.414 e. The summed E-state index contributed by atoms with van der Waals surface area (Å²) in [6, 6.07) is 8.10. The first-order chi connectivity index (χ1) is 18.1. The van der Waals surface area contributed by atoms with E-state index >= 15 is 0 Å². The third-order valence-electron chi connectivity index (χ3n) is 7.32. The lowest BCUT2D eigenvalue weighted by molar-refractivity contribution is 0.126. The van der Waals surface area contributed by atoms with Crippen molar-refractivity contribution in [3.05, 3.63) is 30.0 Å². The van der Waals surface area contributed by atoms with Gasteiger partial charge in [0.05, 0.1) is 28.6 Å². The molecule has 37 heavy (non-hydrogen) atoms. The van der Waals surface area contributed by atoms with Gasteiger partial charge in [0.1, 0.15) is 12.4 Å². The van der Waals surface area contributed by atoms with Crippen LogP contribution in [0.1, 0.15) is 50.6 Å². The summed E-state index contributed by atoms with van der Waals surface area (Å²) in [4.78, 5) is 30.4. The van der Waals surface area contributed by atoms with Gasteiger partial charge in [-0.1, -0.05) is 17.8 Å². The number of carbonyl (C=O) groups is 1. The highest BCUT2D eigenvalue weighted by atomic mass is 32.1. The van der Waals surface area contributed by atoms with Gasteiger partial charge in [-0.05, 0) is 69.8 Å². The number of nitrogens with zero attached hydrogens (tertiary/aromatic N) is 5. The van der Waals surface area contributed by atoms with E-state index in [0.717, 1.165) is 72.0 Å². The molecule has 1 aromatic carbocycles. The van der Waals surface area contributed by atoms with Gasteiger partial charge in [-0.25, -0.2) is 14.8 Å². The molecule has 196 valence electrons. The van der Waals surface area contributed by atoms with Crippen LogP contribution >= 0.6 is 11.3 Å². The molecule has 6 rings (SSSR count). The summed E-state index contributed by atoms with van der Waals surface area (Å²) in [6.45, 7) is 3.97. The molecular formula is C26H33N7O3S. The van der Waals surface area contributed by atoms with Crippen LogP contribution in [0, 0.1) is 0 Å². The van der Waals surface area contributed by atoms with E-state index in [-0.39, 0.29) is 18.2 Å². The van der Waals surface area contributed by atoms with Gasteiger partial charge in [0.25, 0.3) is 0 Å². The molecule has 3 fully saturated rings. The van der Waals surface area contributed by atoms with E-state index in [1.807, 2.05) is 24.3 Å². The number of ether oxygens (including phenoxy) is 1. The number of rotatable bonds is 7. The largest absolute Gasteiger partial charge is 0.447 e. The number of aliphatic hydroxyl groups is 1. The fourth-order valence-electron chi connectivity index (χ4n) is 5.33. The predicted molar refractivity (Wildman–Crippen MR) is 145 cm³/mol. The number of hydrogen-bond acceptors (Lipinski definition) is 10. The lowest BCUT2D eigenvalue weighted by Gasteiger charge is -2.27. The molecule has 0 atom stereocenters. The van der Waals surface area contributed by atoms with Crippen molar-refractivity contribution < 1.29 is 14.6 Å². The zero-order valence-electron chi connectivity index (χ0n) is 20.9. The van der Waals surface area contributed by atoms with Gasteiger partial charge < -0.3 is 20.5 Å². The molecule has 2 saturated heterocycles. The normalized spacial score (nSPS) is 22.8. The van der Waals surface area contributed by atoms with Crippen molar-refractivity contribution in [2.75, 3.05) is 41.8 Å². The van der Waals surface area contributed by atoms with Gasteiger partial charge in [-0.2, -0.15) is 4.98 Å². The molecule has 0 radical (unpaired) electrons. The Balaban J connectivity index is 1.23. The number of amides is 1. The van der Waals surface area contributed by atoms with Crippen LogP contribution in [0.4, 0.5) is 27.4 Å². The molecule has 3 aliphatic rings. The summed E-state index contributed by atoms with van der Waals surface area (Å²) in [5.74, 6) is 1.33. The molecule has 3 aromatic rings. The maximum atomic E-state index is 12.0. The number of likely N-dealkylation sites (tertiary alicyclic amines) is 1. The van der Waals surface area contributed by atoms with Crippen molar-refractivity contribution in [2.45, 2.75) is 63.6 Å². The van der Waals surface area contributed by atoms with Crippen molar-refractivity contribution in [3.8, 4) is 0 Å². The molecule has 0 unspecified atom stereocenters. The number of aliphatic hydroxyl groups excluding tert-OH is 1. The third kappa shape index (κ3) is 5.78. The summed E-state index contributed by atoms with van der Waals surface area (Å²) in [5, 5.41) is 17.5. The zero-order chi connectivity index (χ0) is 25.2.